The van der Waals surface area contributed by atoms with Gasteiger partial charge in [0.2, 0.25) is 0 Å². The highest BCUT2D eigenvalue weighted by atomic mass is 79.9. The number of hydrogen-bond acceptors (Lipinski definition) is 0. The standard InChI is InChI=1S/C20H37Br/c1-2-3-4-5-6-7-8-9-10-11-12-13-14-15-16-17-18-19-20-21/h5-8H,2-4,9-20H2,1H3/b6-5+,8-7-. The Balaban J connectivity index is 3.08. The number of unbranched alkanes of at least 4 members (excludes halogenated alkanes) is 12. The molecule has 0 radical (unpaired) electrons. The highest BCUT2D eigenvalue weighted by Crippen LogP contribution is 2.11. The van der Waals surface area contributed by atoms with Gasteiger partial charge in [-0.15, -0.1) is 0 Å². The van der Waals surface area contributed by atoms with Crippen molar-refractivity contribution in [3.8, 4) is 0 Å². The summed E-state index contributed by atoms with van der Waals surface area (Å²) in [6.45, 7) is 2.24. The molecule has 0 saturated heterocycles. The van der Waals surface area contributed by atoms with Gasteiger partial charge >= 0.3 is 0 Å². The van der Waals surface area contributed by atoms with Crippen LogP contribution < -0.4 is 0 Å². The van der Waals surface area contributed by atoms with Gasteiger partial charge in [-0.1, -0.05) is 111 Å². The van der Waals surface area contributed by atoms with E-state index in [1.165, 1.54) is 95.2 Å². The molecule has 0 N–H and O–H groups in total. The molecule has 1 heteroatoms. The van der Waals surface area contributed by atoms with Gasteiger partial charge in [0.05, 0.1) is 0 Å². The SMILES string of the molecule is CCCC/C=C/C=C\CCCCCCCCCCCCBr. The molecular weight excluding hydrogens is 320 g/mol. The van der Waals surface area contributed by atoms with Gasteiger partial charge in [0.1, 0.15) is 0 Å². The topological polar surface area (TPSA) is 0 Å². The first-order chi connectivity index (χ1) is 10.4. The van der Waals surface area contributed by atoms with Gasteiger partial charge < -0.3 is 0 Å². The molecule has 0 aromatic heterocycles. The van der Waals surface area contributed by atoms with Crippen molar-refractivity contribution in [2.75, 3.05) is 5.33 Å². The van der Waals surface area contributed by atoms with Gasteiger partial charge in [0, 0.05) is 5.33 Å². The Bertz CT molecular complexity index is 230. The molecule has 0 bridgehead atoms. The van der Waals surface area contributed by atoms with Crippen LogP contribution in [0.15, 0.2) is 24.3 Å². The van der Waals surface area contributed by atoms with E-state index in [-0.39, 0.29) is 0 Å². The molecular formula is C20H37Br. The average Bonchev–Trinajstić information content (AvgIpc) is 2.50. The highest BCUT2D eigenvalue weighted by Gasteiger charge is 1.92. The minimum atomic E-state index is 1.18. The summed E-state index contributed by atoms with van der Waals surface area (Å²) in [7, 11) is 0. The number of alkyl halides is 1. The summed E-state index contributed by atoms with van der Waals surface area (Å²) in [5, 5.41) is 1.18. The maximum atomic E-state index is 3.49. The molecule has 21 heavy (non-hydrogen) atoms. The fourth-order valence-electron chi connectivity index (χ4n) is 2.44. The fourth-order valence-corrected chi connectivity index (χ4v) is 2.84. The quantitative estimate of drug-likeness (QED) is 0.149. The first-order valence-corrected chi connectivity index (χ1v) is 10.4. The third-order valence-corrected chi connectivity index (χ3v) is 4.42. The third-order valence-electron chi connectivity index (χ3n) is 3.86. The Morgan fingerprint density at radius 1 is 0.571 bits per heavy atom. The van der Waals surface area contributed by atoms with Crippen molar-refractivity contribution < 1.29 is 0 Å². The van der Waals surface area contributed by atoms with Crippen LogP contribution in [0.25, 0.3) is 0 Å². The normalized spacial score (nSPS) is 11.9. The zero-order chi connectivity index (χ0) is 15.4. The van der Waals surface area contributed by atoms with Crippen LogP contribution in [0.1, 0.15) is 96.8 Å². The van der Waals surface area contributed by atoms with Crippen LogP contribution in [0.2, 0.25) is 0 Å². The van der Waals surface area contributed by atoms with E-state index < -0.39 is 0 Å². The second kappa shape index (κ2) is 20.0. The first-order valence-electron chi connectivity index (χ1n) is 9.29. The van der Waals surface area contributed by atoms with Gasteiger partial charge in [0.25, 0.3) is 0 Å². The summed E-state index contributed by atoms with van der Waals surface area (Å²) in [6.07, 6.45) is 28.3. The summed E-state index contributed by atoms with van der Waals surface area (Å²) in [5.74, 6) is 0. The van der Waals surface area contributed by atoms with E-state index in [1.54, 1.807) is 0 Å². The molecule has 0 heterocycles. The van der Waals surface area contributed by atoms with Crippen LogP contribution in [0.4, 0.5) is 0 Å². The lowest BCUT2D eigenvalue weighted by molar-refractivity contribution is 0.558. The van der Waals surface area contributed by atoms with E-state index in [0.29, 0.717) is 0 Å². The molecule has 0 nitrogen and oxygen atoms in total. The average molecular weight is 357 g/mol. The number of hydrogen-bond donors (Lipinski definition) is 0. The van der Waals surface area contributed by atoms with Crippen molar-refractivity contribution in [2.45, 2.75) is 96.8 Å². The minimum absolute atomic E-state index is 1.18. The van der Waals surface area contributed by atoms with Crippen LogP contribution in [0, 0.1) is 0 Å². The van der Waals surface area contributed by atoms with Crippen molar-refractivity contribution in [1.82, 2.24) is 0 Å². The van der Waals surface area contributed by atoms with Crippen molar-refractivity contribution in [1.29, 1.82) is 0 Å². The lowest BCUT2D eigenvalue weighted by Gasteiger charge is -2.01. The Kier molecular flexibility index (Phi) is 19.9. The minimum Gasteiger partial charge on any atom is -0.0928 e. The van der Waals surface area contributed by atoms with Gasteiger partial charge in [-0.25, -0.2) is 0 Å². The van der Waals surface area contributed by atoms with Gasteiger partial charge in [0.15, 0.2) is 0 Å². The zero-order valence-corrected chi connectivity index (χ0v) is 15.9. The van der Waals surface area contributed by atoms with Gasteiger partial charge in [-0.3, -0.25) is 0 Å². The predicted octanol–water partition coefficient (Wildman–Crippen LogP) is 7.98. The van der Waals surface area contributed by atoms with Crippen LogP contribution in [0.3, 0.4) is 0 Å². The molecule has 0 unspecified atom stereocenters. The Morgan fingerprint density at radius 2 is 1.00 bits per heavy atom. The number of halogens is 1. The molecule has 0 amide bonds. The van der Waals surface area contributed by atoms with Crippen LogP contribution in [0.5, 0.6) is 0 Å². The van der Waals surface area contributed by atoms with Gasteiger partial charge in [-0.2, -0.15) is 0 Å². The molecule has 0 saturated carbocycles. The first kappa shape index (κ1) is 21.0. The number of rotatable bonds is 16. The maximum Gasteiger partial charge on any atom is 0.00313 e. The van der Waals surface area contributed by atoms with Crippen molar-refractivity contribution in [2.24, 2.45) is 0 Å². The lowest BCUT2D eigenvalue weighted by atomic mass is 10.1. The van der Waals surface area contributed by atoms with Crippen molar-refractivity contribution in [3.63, 3.8) is 0 Å². The van der Waals surface area contributed by atoms with Crippen molar-refractivity contribution >= 4 is 15.9 Å². The summed E-state index contributed by atoms with van der Waals surface area (Å²) in [5.41, 5.74) is 0. The molecule has 0 fully saturated rings. The molecule has 124 valence electrons. The highest BCUT2D eigenvalue weighted by molar-refractivity contribution is 9.09. The summed E-state index contributed by atoms with van der Waals surface area (Å²) < 4.78 is 0. The van der Waals surface area contributed by atoms with E-state index in [0.717, 1.165) is 0 Å². The fraction of sp³-hybridized carbons (Fsp3) is 0.800. The lowest BCUT2D eigenvalue weighted by Crippen LogP contribution is -1.82. The second-order valence-corrected chi connectivity index (χ2v) is 6.80. The summed E-state index contributed by atoms with van der Waals surface area (Å²) in [4.78, 5) is 0. The van der Waals surface area contributed by atoms with Crippen LogP contribution >= 0.6 is 15.9 Å². The summed E-state index contributed by atoms with van der Waals surface area (Å²) >= 11 is 3.49. The third kappa shape index (κ3) is 20.0. The number of allylic oxidation sites excluding steroid dienone is 4. The Labute approximate surface area is 142 Å². The summed E-state index contributed by atoms with van der Waals surface area (Å²) in [6, 6.07) is 0. The predicted molar refractivity (Wildman–Crippen MR) is 102 cm³/mol. The molecule has 0 aromatic carbocycles. The van der Waals surface area contributed by atoms with E-state index >= 15 is 0 Å². The molecule has 0 aliphatic heterocycles. The van der Waals surface area contributed by atoms with Crippen LogP contribution in [-0.2, 0) is 0 Å². The largest absolute Gasteiger partial charge is 0.0928 e. The molecule has 0 aromatic rings. The van der Waals surface area contributed by atoms with Crippen LogP contribution in [-0.4, -0.2) is 5.33 Å². The van der Waals surface area contributed by atoms with E-state index in [9.17, 15) is 0 Å². The molecule has 0 spiro atoms. The smallest absolute Gasteiger partial charge is 0.00313 e. The maximum absolute atomic E-state index is 3.49. The second-order valence-electron chi connectivity index (χ2n) is 6.01. The van der Waals surface area contributed by atoms with E-state index in [4.69, 9.17) is 0 Å². The van der Waals surface area contributed by atoms with Crippen molar-refractivity contribution in [3.05, 3.63) is 24.3 Å². The molecule has 0 atom stereocenters. The monoisotopic (exact) mass is 356 g/mol. The zero-order valence-electron chi connectivity index (χ0n) is 14.3. The van der Waals surface area contributed by atoms with E-state index in [2.05, 4.69) is 47.2 Å². The molecule has 0 aliphatic carbocycles. The molecule has 0 rings (SSSR count). The van der Waals surface area contributed by atoms with Gasteiger partial charge in [-0.05, 0) is 25.7 Å². The van der Waals surface area contributed by atoms with E-state index in [1.807, 2.05) is 0 Å². The Hall–Kier alpha value is -0.0400. The molecule has 0 aliphatic rings. The Morgan fingerprint density at radius 3 is 1.48 bits per heavy atom.